The predicted octanol–water partition coefficient (Wildman–Crippen LogP) is 3.43. The standard InChI is InChI=1S/C23H26N4O2/c1-17-2-5-19(6-3-17)23-20(13-24-25-23)15-27-10-8-26(9-11-27)14-18-4-7-21-22(12-18)29-16-28-21/h2-7,12-13H,8-11,14-16H2,1H3,(H,24,25). The van der Waals surface area contributed by atoms with Crippen LogP contribution in [0.1, 0.15) is 16.7 Å². The Morgan fingerprint density at radius 1 is 0.897 bits per heavy atom. The third-order valence-corrected chi connectivity index (χ3v) is 5.76. The summed E-state index contributed by atoms with van der Waals surface area (Å²) >= 11 is 0. The number of benzene rings is 2. The van der Waals surface area contributed by atoms with E-state index in [1.165, 1.54) is 22.3 Å². The van der Waals surface area contributed by atoms with Crippen LogP contribution in [0, 0.1) is 6.92 Å². The summed E-state index contributed by atoms with van der Waals surface area (Å²) in [4.78, 5) is 5.02. The molecule has 3 heterocycles. The SMILES string of the molecule is Cc1ccc(-c2[nH]ncc2CN2CCN(Cc3ccc4c(c3)OCO4)CC2)cc1. The van der Waals surface area contributed by atoms with Crippen molar-refractivity contribution in [1.82, 2.24) is 20.0 Å². The molecule has 0 bridgehead atoms. The van der Waals surface area contributed by atoms with Crippen LogP contribution in [0.3, 0.4) is 0 Å². The van der Waals surface area contributed by atoms with Crippen LogP contribution in [0.25, 0.3) is 11.3 Å². The zero-order chi connectivity index (χ0) is 19.6. The molecule has 2 aromatic carbocycles. The molecular formula is C23H26N4O2. The Morgan fingerprint density at radius 2 is 1.62 bits per heavy atom. The van der Waals surface area contributed by atoms with E-state index in [4.69, 9.17) is 9.47 Å². The van der Waals surface area contributed by atoms with Crippen molar-refractivity contribution in [2.24, 2.45) is 0 Å². The number of H-pyrrole nitrogens is 1. The van der Waals surface area contributed by atoms with E-state index >= 15 is 0 Å². The van der Waals surface area contributed by atoms with Gasteiger partial charge in [-0.15, -0.1) is 0 Å². The van der Waals surface area contributed by atoms with Gasteiger partial charge in [-0.1, -0.05) is 35.9 Å². The summed E-state index contributed by atoms with van der Waals surface area (Å²) in [5.41, 5.74) is 6.14. The van der Waals surface area contributed by atoms with E-state index in [0.717, 1.165) is 56.5 Å². The zero-order valence-electron chi connectivity index (χ0n) is 16.7. The Bertz CT molecular complexity index is 975. The van der Waals surface area contributed by atoms with Gasteiger partial charge in [0.25, 0.3) is 0 Å². The maximum atomic E-state index is 5.50. The van der Waals surface area contributed by atoms with Crippen LogP contribution in [-0.2, 0) is 13.1 Å². The van der Waals surface area contributed by atoms with Crippen LogP contribution >= 0.6 is 0 Å². The number of rotatable bonds is 5. The van der Waals surface area contributed by atoms with Crippen LogP contribution in [-0.4, -0.2) is 53.0 Å². The lowest BCUT2D eigenvalue weighted by molar-refractivity contribution is 0.122. The number of hydrogen-bond donors (Lipinski definition) is 1. The topological polar surface area (TPSA) is 53.6 Å². The smallest absolute Gasteiger partial charge is 0.231 e. The number of aromatic amines is 1. The molecule has 1 fully saturated rings. The lowest BCUT2D eigenvalue weighted by Gasteiger charge is -2.34. The summed E-state index contributed by atoms with van der Waals surface area (Å²) in [6.07, 6.45) is 1.97. The second-order valence-electron chi connectivity index (χ2n) is 7.88. The maximum absolute atomic E-state index is 5.50. The number of fused-ring (bicyclic) bond motifs is 1. The van der Waals surface area contributed by atoms with Gasteiger partial charge in [-0.2, -0.15) is 5.10 Å². The fourth-order valence-electron chi connectivity index (χ4n) is 4.05. The summed E-state index contributed by atoms with van der Waals surface area (Å²) in [7, 11) is 0. The van der Waals surface area contributed by atoms with Gasteiger partial charge in [0.15, 0.2) is 11.5 Å². The molecule has 1 N–H and O–H groups in total. The fourth-order valence-corrected chi connectivity index (χ4v) is 4.05. The first kappa shape index (κ1) is 18.2. The molecule has 2 aliphatic rings. The van der Waals surface area contributed by atoms with Crippen molar-refractivity contribution in [3.05, 3.63) is 65.4 Å². The second kappa shape index (κ2) is 7.89. The highest BCUT2D eigenvalue weighted by atomic mass is 16.7. The minimum atomic E-state index is 0.329. The van der Waals surface area contributed by atoms with Crippen LogP contribution < -0.4 is 9.47 Å². The maximum Gasteiger partial charge on any atom is 0.231 e. The molecule has 5 rings (SSSR count). The van der Waals surface area contributed by atoms with Gasteiger partial charge in [0, 0.05) is 44.8 Å². The molecule has 150 valence electrons. The molecule has 0 radical (unpaired) electrons. The van der Waals surface area contributed by atoms with Crippen LogP contribution in [0.5, 0.6) is 11.5 Å². The van der Waals surface area contributed by atoms with E-state index in [9.17, 15) is 0 Å². The minimum absolute atomic E-state index is 0.329. The van der Waals surface area contributed by atoms with Crippen molar-refractivity contribution in [3.8, 4) is 22.8 Å². The van der Waals surface area contributed by atoms with Gasteiger partial charge >= 0.3 is 0 Å². The molecule has 29 heavy (non-hydrogen) atoms. The Morgan fingerprint density at radius 3 is 2.41 bits per heavy atom. The monoisotopic (exact) mass is 390 g/mol. The summed E-state index contributed by atoms with van der Waals surface area (Å²) in [6, 6.07) is 14.9. The number of piperazine rings is 1. The summed E-state index contributed by atoms with van der Waals surface area (Å²) < 4.78 is 10.9. The van der Waals surface area contributed by atoms with Gasteiger partial charge in [-0.3, -0.25) is 14.9 Å². The summed E-state index contributed by atoms with van der Waals surface area (Å²) in [6.45, 7) is 8.56. The first-order chi connectivity index (χ1) is 14.2. The Kier molecular flexibility index (Phi) is 4.96. The van der Waals surface area contributed by atoms with E-state index in [-0.39, 0.29) is 0 Å². The Labute approximate surface area is 171 Å². The zero-order valence-corrected chi connectivity index (χ0v) is 16.7. The van der Waals surface area contributed by atoms with Gasteiger partial charge < -0.3 is 9.47 Å². The minimum Gasteiger partial charge on any atom is -0.454 e. The number of nitrogens with zero attached hydrogens (tertiary/aromatic N) is 3. The molecule has 0 spiro atoms. The van der Waals surface area contributed by atoms with Crippen molar-refractivity contribution in [1.29, 1.82) is 0 Å². The van der Waals surface area contributed by atoms with Crippen molar-refractivity contribution in [3.63, 3.8) is 0 Å². The number of nitrogens with one attached hydrogen (secondary N) is 1. The number of ether oxygens (including phenoxy) is 2. The molecule has 6 heteroatoms. The molecule has 0 amide bonds. The largest absolute Gasteiger partial charge is 0.454 e. The summed E-state index contributed by atoms with van der Waals surface area (Å²) in [5, 5.41) is 7.49. The lowest BCUT2D eigenvalue weighted by atomic mass is 10.1. The van der Waals surface area contributed by atoms with Crippen molar-refractivity contribution in [2.45, 2.75) is 20.0 Å². The van der Waals surface area contributed by atoms with E-state index in [1.807, 2.05) is 12.3 Å². The van der Waals surface area contributed by atoms with Crippen molar-refractivity contribution < 1.29 is 9.47 Å². The third-order valence-electron chi connectivity index (χ3n) is 5.76. The fraction of sp³-hybridized carbons (Fsp3) is 0.348. The van der Waals surface area contributed by atoms with E-state index < -0.39 is 0 Å². The molecule has 0 aliphatic carbocycles. The van der Waals surface area contributed by atoms with Gasteiger partial charge in [-0.25, -0.2) is 0 Å². The normalized spacial score (nSPS) is 17.0. The predicted molar refractivity (Wildman–Crippen MR) is 112 cm³/mol. The Balaban J connectivity index is 1.18. The number of aromatic nitrogens is 2. The molecule has 1 aromatic heterocycles. The van der Waals surface area contributed by atoms with Crippen molar-refractivity contribution in [2.75, 3.05) is 33.0 Å². The molecule has 2 aliphatic heterocycles. The highest BCUT2D eigenvalue weighted by Crippen LogP contribution is 2.33. The third kappa shape index (κ3) is 3.99. The number of aryl methyl sites for hydroxylation is 1. The average molecular weight is 390 g/mol. The van der Waals surface area contributed by atoms with Gasteiger partial charge in [0.1, 0.15) is 0 Å². The molecule has 6 nitrogen and oxygen atoms in total. The lowest BCUT2D eigenvalue weighted by Crippen LogP contribution is -2.45. The van der Waals surface area contributed by atoms with Crippen LogP contribution in [0.4, 0.5) is 0 Å². The van der Waals surface area contributed by atoms with E-state index in [1.54, 1.807) is 0 Å². The molecule has 0 saturated carbocycles. The van der Waals surface area contributed by atoms with Gasteiger partial charge in [0.05, 0.1) is 11.9 Å². The average Bonchev–Trinajstić information content (AvgIpc) is 3.39. The number of hydrogen-bond acceptors (Lipinski definition) is 5. The molecule has 3 aromatic rings. The highest BCUT2D eigenvalue weighted by molar-refractivity contribution is 5.62. The summed E-state index contributed by atoms with van der Waals surface area (Å²) in [5.74, 6) is 1.72. The first-order valence-electron chi connectivity index (χ1n) is 10.2. The molecule has 0 unspecified atom stereocenters. The van der Waals surface area contributed by atoms with Crippen LogP contribution in [0.2, 0.25) is 0 Å². The Hall–Kier alpha value is -2.83. The quantitative estimate of drug-likeness (QED) is 0.723. The second-order valence-corrected chi connectivity index (χ2v) is 7.88. The molecule has 1 saturated heterocycles. The van der Waals surface area contributed by atoms with Crippen LogP contribution in [0.15, 0.2) is 48.7 Å². The van der Waals surface area contributed by atoms with E-state index in [2.05, 4.69) is 63.3 Å². The highest BCUT2D eigenvalue weighted by Gasteiger charge is 2.20. The molecular weight excluding hydrogens is 364 g/mol. The first-order valence-corrected chi connectivity index (χ1v) is 10.2. The van der Waals surface area contributed by atoms with Gasteiger partial charge in [-0.05, 0) is 30.2 Å². The van der Waals surface area contributed by atoms with Crippen molar-refractivity contribution >= 4 is 0 Å². The molecule has 0 atom stereocenters. The van der Waals surface area contributed by atoms with E-state index in [0.29, 0.717) is 6.79 Å². The van der Waals surface area contributed by atoms with Gasteiger partial charge in [0.2, 0.25) is 6.79 Å².